The van der Waals surface area contributed by atoms with Crippen LogP contribution >= 0.6 is 23.4 Å². The number of aromatic nitrogens is 2. The SMILES string of the molecule is O=C1SC(=Cc2ccc3c(cnn3Cc3ccc(Cl)cc3C(F)(F)F)c2)C(=O)N1C[C@@H]1CN2CCC[C@H]2CO1. The second-order valence-corrected chi connectivity index (χ2v) is 11.4. The third kappa shape index (κ3) is 5.32. The molecular weight excluding hydrogens is 553 g/mol. The Balaban J connectivity index is 1.18. The smallest absolute Gasteiger partial charge is 0.373 e. The standard InChI is InChI=1S/C27H24ClF3N4O3S/c28-19-5-4-17(22(10-19)27(29,30)31)12-35-23-6-3-16(8-18(23)11-32-35)9-24-25(36)34(26(37)39-24)14-21-13-33-7-1-2-20(33)15-38-21/h3-6,8-11,20-21H,1-2,7,12-15H2/t20-,21-/m0/s1. The summed E-state index contributed by atoms with van der Waals surface area (Å²) >= 11 is 6.69. The lowest BCUT2D eigenvalue weighted by atomic mass is 10.1. The van der Waals surface area contributed by atoms with E-state index in [1.165, 1.54) is 21.7 Å². The molecule has 6 rings (SSSR count). The van der Waals surface area contributed by atoms with Gasteiger partial charge in [0.15, 0.2) is 0 Å². The van der Waals surface area contributed by atoms with Gasteiger partial charge in [-0.05, 0) is 72.6 Å². The first-order valence-electron chi connectivity index (χ1n) is 12.6. The van der Waals surface area contributed by atoms with Crippen molar-refractivity contribution in [2.75, 3.05) is 26.2 Å². The van der Waals surface area contributed by atoms with Crippen LogP contribution in [0.3, 0.4) is 0 Å². The minimum atomic E-state index is -4.54. The van der Waals surface area contributed by atoms with Crippen molar-refractivity contribution < 1.29 is 27.5 Å². The summed E-state index contributed by atoms with van der Waals surface area (Å²) in [5, 5.41) is 4.66. The van der Waals surface area contributed by atoms with Crippen LogP contribution in [0.5, 0.6) is 0 Å². The second-order valence-electron chi connectivity index (χ2n) is 9.96. The average molecular weight is 577 g/mol. The van der Waals surface area contributed by atoms with E-state index >= 15 is 0 Å². The molecule has 0 N–H and O–H groups in total. The summed E-state index contributed by atoms with van der Waals surface area (Å²) in [6.07, 6.45) is 0.737. The van der Waals surface area contributed by atoms with Crippen molar-refractivity contribution in [1.82, 2.24) is 19.6 Å². The number of fused-ring (bicyclic) bond motifs is 2. The molecule has 3 aliphatic rings. The molecule has 3 aliphatic heterocycles. The number of halogens is 4. The number of hydrogen-bond donors (Lipinski definition) is 0. The lowest BCUT2D eigenvalue weighted by Crippen LogP contribution is -2.50. The van der Waals surface area contributed by atoms with Gasteiger partial charge in [0.1, 0.15) is 0 Å². The van der Waals surface area contributed by atoms with E-state index < -0.39 is 11.7 Å². The zero-order chi connectivity index (χ0) is 27.3. The van der Waals surface area contributed by atoms with Crippen LogP contribution in [0.4, 0.5) is 18.0 Å². The van der Waals surface area contributed by atoms with E-state index in [4.69, 9.17) is 16.3 Å². The van der Waals surface area contributed by atoms with E-state index in [-0.39, 0.29) is 40.9 Å². The first kappa shape index (κ1) is 26.4. The average Bonchev–Trinajstić information content (AvgIpc) is 3.59. The Bertz CT molecular complexity index is 1490. The third-order valence-corrected chi connectivity index (χ3v) is 8.52. The number of morpholine rings is 1. The van der Waals surface area contributed by atoms with Crippen LogP contribution in [0.2, 0.25) is 5.02 Å². The molecule has 2 atom stereocenters. The Hall–Kier alpha value is -2.86. The van der Waals surface area contributed by atoms with Crippen molar-refractivity contribution in [1.29, 1.82) is 0 Å². The molecule has 0 saturated carbocycles. The lowest BCUT2D eigenvalue weighted by molar-refractivity contribution is -0.138. The van der Waals surface area contributed by atoms with E-state index in [1.807, 2.05) is 0 Å². The van der Waals surface area contributed by atoms with Crippen molar-refractivity contribution in [3.05, 3.63) is 69.2 Å². The topological polar surface area (TPSA) is 67.7 Å². The fourth-order valence-electron chi connectivity index (χ4n) is 5.44. The van der Waals surface area contributed by atoms with E-state index in [0.29, 0.717) is 40.6 Å². The summed E-state index contributed by atoms with van der Waals surface area (Å²) in [5.41, 5.74) is 0.573. The third-order valence-electron chi connectivity index (χ3n) is 7.38. The summed E-state index contributed by atoms with van der Waals surface area (Å²) < 4.78 is 48.0. The molecule has 0 radical (unpaired) electrons. The summed E-state index contributed by atoms with van der Waals surface area (Å²) in [7, 11) is 0. The molecule has 204 valence electrons. The number of carbonyl (C=O) groups is 2. The first-order chi connectivity index (χ1) is 18.7. The van der Waals surface area contributed by atoms with Crippen molar-refractivity contribution in [2.45, 2.75) is 37.7 Å². The van der Waals surface area contributed by atoms with Crippen molar-refractivity contribution >= 4 is 51.5 Å². The maximum absolute atomic E-state index is 13.5. The molecule has 2 amide bonds. The highest BCUT2D eigenvalue weighted by Gasteiger charge is 2.39. The van der Waals surface area contributed by atoms with Crippen LogP contribution < -0.4 is 0 Å². The molecule has 0 unspecified atom stereocenters. The number of benzene rings is 2. The molecule has 2 aromatic carbocycles. The van der Waals surface area contributed by atoms with E-state index in [2.05, 4.69) is 10.00 Å². The van der Waals surface area contributed by atoms with Crippen LogP contribution in [0.15, 0.2) is 47.5 Å². The Morgan fingerprint density at radius 1 is 1.18 bits per heavy atom. The van der Waals surface area contributed by atoms with Gasteiger partial charge in [0.2, 0.25) is 0 Å². The highest BCUT2D eigenvalue weighted by Crippen LogP contribution is 2.36. The van der Waals surface area contributed by atoms with Gasteiger partial charge in [0, 0.05) is 23.0 Å². The molecule has 4 heterocycles. The van der Waals surface area contributed by atoms with Crippen molar-refractivity contribution in [3.63, 3.8) is 0 Å². The molecule has 7 nitrogen and oxygen atoms in total. The number of nitrogens with zero attached hydrogens (tertiary/aromatic N) is 4. The van der Waals surface area contributed by atoms with Crippen LogP contribution in [-0.4, -0.2) is 69.1 Å². The Kier molecular flexibility index (Phi) is 6.95. The second kappa shape index (κ2) is 10.3. The van der Waals surface area contributed by atoms with E-state index in [1.54, 1.807) is 30.5 Å². The quantitative estimate of drug-likeness (QED) is 0.365. The summed E-state index contributed by atoms with van der Waals surface area (Å²) in [6.45, 7) is 2.50. The Morgan fingerprint density at radius 2 is 2.03 bits per heavy atom. The fourth-order valence-corrected chi connectivity index (χ4v) is 6.46. The summed E-state index contributed by atoms with van der Waals surface area (Å²) in [6, 6.07) is 9.40. The number of alkyl halides is 3. The number of imide groups is 1. The normalized spacial score (nSPS) is 23.4. The molecule has 0 bridgehead atoms. The molecule has 39 heavy (non-hydrogen) atoms. The number of thioether (sulfide) groups is 1. The van der Waals surface area contributed by atoms with Gasteiger partial charge in [-0.1, -0.05) is 23.7 Å². The van der Waals surface area contributed by atoms with Gasteiger partial charge in [-0.15, -0.1) is 0 Å². The van der Waals surface area contributed by atoms with Gasteiger partial charge in [-0.25, -0.2) is 0 Å². The molecular formula is C27H24ClF3N4O3S. The maximum atomic E-state index is 13.5. The summed E-state index contributed by atoms with van der Waals surface area (Å²) in [5.74, 6) is -0.352. The van der Waals surface area contributed by atoms with Crippen LogP contribution in [-0.2, 0) is 22.3 Å². The van der Waals surface area contributed by atoms with Gasteiger partial charge < -0.3 is 4.74 Å². The van der Waals surface area contributed by atoms with Crippen LogP contribution in [0.25, 0.3) is 17.0 Å². The monoisotopic (exact) mass is 576 g/mol. The van der Waals surface area contributed by atoms with Crippen molar-refractivity contribution in [2.24, 2.45) is 0 Å². The first-order valence-corrected chi connectivity index (χ1v) is 13.8. The number of amides is 2. The fraction of sp³-hybridized carbons (Fsp3) is 0.370. The van der Waals surface area contributed by atoms with E-state index in [9.17, 15) is 22.8 Å². The van der Waals surface area contributed by atoms with E-state index in [0.717, 1.165) is 37.2 Å². The highest BCUT2D eigenvalue weighted by molar-refractivity contribution is 8.18. The molecule has 1 aromatic heterocycles. The summed E-state index contributed by atoms with van der Waals surface area (Å²) in [4.78, 5) is 29.6. The predicted octanol–water partition coefficient (Wildman–Crippen LogP) is 5.66. The maximum Gasteiger partial charge on any atom is 0.416 e. The van der Waals surface area contributed by atoms with Gasteiger partial charge >= 0.3 is 6.18 Å². The minimum Gasteiger partial charge on any atom is -0.373 e. The van der Waals surface area contributed by atoms with Crippen LogP contribution in [0, 0.1) is 0 Å². The Morgan fingerprint density at radius 3 is 2.85 bits per heavy atom. The number of ether oxygens (including phenoxy) is 1. The van der Waals surface area contributed by atoms with Crippen molar-refractivity contribution in [3.8, 4) is 0 Å². The predicted molar refractivity (Wildman–Crippen MR) is 142 cm³/mol. The Labute approximate surface area is 231 Å². The highest BCUT2D eigenvalue weighted by atomic mass is 35.5. The number of rotatable bonds is 5. The molecule has 3 aromatic rings. The molecule has 12 heteroatoms. The van der Waals surface area contributed by atoms with Gasteiger partial charge in [-0.3, -0.25) is 24.1 Å². The number of carbonyl (C=O) groups excluding carboxylic acids is 2. The molecule has 3 fully saturated rings. The molecule has 3 saturated heterocycles. The van der Waals surface area contributed by atoms with Gasteiger partial charge in [-0.2, -0.15) is 18.3 Å². The zero-order valence-corrected chi connectivity index (χ0v) is 22.2. The molecule has 0 aliphatic carbocycles. The zero-order valence-electron chi connectivity index (χ0n) is 20.7. The largest absolute Gasteiger partial charge is 0.416 e. The van der Waals surface area contributed by atoms with Gasteiger partial charge in [0.05, 0.1) is 48.0 Å². The minimum absolute atomic E-state index is 0.0111. The van der Waals surface area contributed by atoms with Crippen LogP contribution in [0.1, 0.15) is 29.5 Å². The molecule has 0 spiro atoms. The number of hydrogen-bond acceptors (Lipinski definition) is 6. The van der Waals surface area contributed by atoms with Gasteiger partial charge in [0.25, 0.3) is 11.1 Å². The lowest BCUT2D eigenvalue weighted by Gasteiger charge is -2.36.